The molecule has 2 heterocycles. The first-order valence-corrected chi connectivity index (χ1v) is 9.15. The van der Waals surface area contributed by atoms with E-state index in [0.717, 1.165) is 65.0 Å². The zero-order valence-corrected chi connectivity index (χ0v) is 15.3. The fourth-order valence-electron chi connectivity index (χ4n) is 3.48. The molecule has 0 atom stereocenters. The van der Waals surface area contributed by atoms with Crippen molar-refractivity contribution < 1.29 is 9.47 Å². The van der Waals surface area contributed by atoms with Gasteiger partial charge in [-0.2, -0.15) is 0 Å². The Balaban J connectivity index is 1.56. The van der Waals surface area contributed by atoms with Crippen LogP contribution in [0.4, 0.5) is 0 Å². The Morgan fingerprint density at radius 3 is 2.50 bits per heavy atom. The molecule has 0 unspecified atom stereocenters. The molecule has 1 fully saturated rings. The second-order valence-corrected chi connectivity index (χ2v) is 6.83. The number of nitrogens with zero attached hydrogens (tertiary/aromatic N) is 1. The minimum Gasteiger partial charge on any atom is -0.496 e. The maximum atomic E-state index is 6.09. The van der Waals surface area contributed by atoms with Gasteiger partial charge >= 0.3 is 0 Å². The van der Waals surface area contributed by atoms with Crippen LogP contribution in [0.25, 0.3) is 22.0 Å². The van der Waals surface area contributed by atoms with Gasteiger partial charge in [0.05, 0.1) is 12.6 Å². The monoisotopic (exact) mass is 348 g/mol. The first-order valence-electron chi connectivity index (χ1n) is 9.15. The van der Waals surface area contributed by atoms with Crippen LogP contribution in [0.2, 0.25) is 0 Å². The van der Waals surface area contributed by atoms with E-state index in [2.05, 4.69) is 53.6 Å². The van der Waals surface area contributed by atoms with E-state index in [-0.39, 0.29) is 0 Å². The molecule has 26 heavy (non-hydrogen) atoms. The Morgan fingerprint density at radius 2 is 1.77 bits per heavy atom. The molecule has 1 N–H and O–H groups in total. The third kappa shape index (κ3) is 3.51. The highest BCUT2D eigenvalue weighted by molar-refractivity contribution is 5.85. The van der Waals surface area contributed by atoms with E-state index in [1.165, 1.54) is 0 Å². The van der Waals surface area contributed by atoms with Crippen molar-refractivity contribution >= 4 is 10.9 Å². The second kappa shape index (κ2) is 7.34. The van der Waals surface area contributed by atoms with E-state index >= 15 is 0 Å². The number of ether oxygens (including phenoxy) is 2. The topological polar surface area (TPSA) is 43.4 Å². The van der Waals surface area contributed by atoms with Gasteiger partial charge in [-0.05, 0) is 68.2 Å². The van der Waals surface area contributed by atoms with Crippen LogP contribution >= 0.6 is 0 Å². The van der Waals surface area contributed by atoms with Gasteiger partial charge in [-0.25, -0.2) is 0 Å². The standard InChI is InChI=1S/C22H24N2O2/c1-15-11-17-12-18(14-24-21(17)13-22(15)25-2)16-3-5-19(6-4-16)26-20-7-9-23-10-8-20/h3-6,11-14,20,23H,7-10H2,1-2H3. The molecule has 3 aromatic rings. The third-order valence-corrected chi connectivity index (χ3v) is 4.97. The van der Waals surface area contributed by atoms with Crippen LogP contribution in [0.1, 0.15) is 18.4 Å². The van der Waals surface area contributed by atoms with Crippen molar-refractivity contribution in [2.24, 2.45) is 0 Å². The summed E-state index contributed by atoms with van der Waals surface area (Å²) in [5.74, 6) is 1.81. The van der Waals surface area contributed by atoms with Crippen LogP contribution in [0, 0.1) is 6.92 Å². The van der Waals surface area contributed by atoms with E-state index in [4.69, 9.17) is 9.47 Å². The number of hydrogen-bond acceptors (Lipinski definition) is 4. The quantitative estimate of drug-likeness (QED) is 0.761. The summed E-state index contributed by atoms with van der Waals surface area (Å²) in [6, 6.07) is 14.6. The van der Waals surface area contributed by atoms with Crippen molar-refractivity contribution in [3.05, 3.63) is 54.2 Å². The Bertz CT molecular complexity index is 900. The van der Waals surface area contributed by atoms with Gasteiger partial charge in [-0.15, -0.1) is 0 Å². The summed E-state index contributed by atoms with van der Waals surface area (Å²) >= 11 is 0. The number of pyridine rings is 1. The van der Waals surface area contributed by atoms with Gasteiger partial charge in [-0.3, -0.25) is 4.98 Å². The summed E-state index contributed by atoms with van der Waals surface area (Å²) < 4.78 is 11.5. The molecule has 0 radical (unpaired) electrons. The highest BCUT2D eigenvalue weighted by Crippen LogP contribution is 2.29. The molecule has 0 amide bonds. The first-order chi connectivity index (χ1) is 12.7. The van der Waals surface area contributed by atoms with E-state index < -0.39 is 0 Å². The minimum absolute atomic E-state index is 0.322. The molecule has 0 saturated carbocycles. The maximum absolute atomic E-state index is 6.09. The lowest BCUT2D eigenvalue weighted by Crippen LogP contribution is -2.34. The van der Waals surface area contributed by atoms with Gasteiger partial charge in [0.2, 0.25) is 0 Å². The van der Waals surface area contributed by atoms with Gasteiger partial charge in [0.15, 0.2) is 0 Å². The smallest absolute Gasteiger partial charge is 0.123 e. The molecule has 4 nitrogen and oxygen atoms in total. The Hall–Kier alpha value is -2.59. The molecule has 0 spiro atoms. The molecule has 4 heteroatoms. The normalized spacial score (nSPS) is 15.2. The number of methoxy groups -OCH3 is 1. The maximum Gasteiger partial charge on any atom is 0.123 e. The lowest BCUT2D eigenvalue weighted by atomic mass is 10.0. The molecule has 134 valence electrons. The summed E-state index contributed by atoms with van der Waals surface area (Å²) in [7, 11) is 1.69. The molecule has 0 aliphatic carbocycles. The molecular weight excluding hydrogens is 324 g/mol. The summed E-state index contributed by atoms with van der Waals surface area (Å²) in [6.07, 6.45) is 4.38. The van der Waals surface area contributed by atoms with Gasteiger partial charge < -0.3 is 14.8 Å². The number of fused-ring (bicyclic) bond motifs is 1. The van der Waals surface area contributed by atoms with Crippen LogP contribution in [0.3, 0.4) is 0 Å². The van der Waals surface area contributed by atoms with E-state index in [0.29, 0.717) is 6.10 Å². The van der Waals surface area contributed by atoms with E-state index in [1.54, 1.807) is 7.11 Å². The van der Waals surface area contributed by atoms with Crippen LogP contribution in [0.5, 0.6) is 11.5 Å². The predicted molar refractivity (Wildman–Crippen MR) is 105 cm³/mol. The minimum atomic E-state index is 0.322. The summed E-state index contributed by atoms with van der Waals surface area (Å²) in [5.41, 5.74) is 4.31. The zero-order valence-electron chi connectivity index (χ0n) is 15.3. The van der Waals surface area contributed by atoms with Crippen LogP contribution < -0.4 is 14.8 Å². The van der Waals surface area contributed by atoms with Crippen molar-refractivity contribution in [1.29, 1.82) is 0 Å². The second-order valence-electron chi connectivity index (χ2n) is 6.83. The van der Waals surface area contributed by atoms with Crippen molar-refractivity contribution in [3.8, 4) is 22.6 Å². The number of piperidine rings is 1. The summed E-state index contributed by atoms with van der Waals surface area (Å²) in [5, 5.41) is 4.48. The van der Waals surface area contributed by atoms with Gasteiger partial charge in [0.25, 0.3) is 0 Å². The Labute approximate surface area is 154 Å². The van der Waals surface area contributed by atoms with Crippen LogP contribution in [-0.4, -0.2) is 31.3 Å². The largest absolute Gasteiger partial charge is 0.496 e. The van der Waals surface area contributed by atoms with Gasteiger partial charge in [0, 0.05) is 23.2 Å². The van der Waals surface area contributed by atoms with Crippen LogP contribution in [-0.2, 0) is 0 Å². The zero-order chi connectivity index (χ0) is 17.9. The van der Waals surface area contributed by atoms with Crippen molar-refractivity contribution in [2.75, 3.05) is 20.2 Å². The molecule has 4 rings (SSSR count). The lowest BCUT2D eigenvalue weighted by molar-refractivity contribution is 0.162. The number of aryl methyl sites for hydroxylation is 1. The van der Waals surface area contributed by atoms with E-state index in [1.807, 2.05) is 12.3 Å². The highest BCUT2D eigenvalue weighted by atomic mass is 16.5. The van der Waals surface area contributed by atoms with Crippen molar-refractivity contribution in [1.82, 2.24) is 10.3 Å². The Kier molecular flexibility index (Phi) is 4.76. The fraction of sp³-hybridized carbons (Fsp3) is 0.318. The number of aromatic nitrogens is 1. The fourth-order valence-corrected chi connectivity index (χ4v) is 3.48. The molecule has 2 aromatic carbocycles. The van der Waals surface area contributed by atoms with Crippen molar-refractivity contribution in [2.45, 2.75) is 25.9 Å². The highest BCUT2D eigenvalue weighted by Gasteiger charge is 2.14. The van der Waals surface area contributed by atoms with Crippen molar-refractivity contribution in [3.63, 3.8) is 0 Å². The molecular formula is C22H24N2O2. The molecule has 1 aliphatic rings. The lowest BCUT2D eigenvalue weighted by Gasteiger charge is -2.23. The van der Waals surface area contributed by atoms with Gasteiger partial charge in [-0.1, -0.05) is 12.1 Å². The number of rotatable bonds is 4. The Morgan fingerprint density at radius 1 is 1.00 bits per heavy atom. The molecule has 0 bridgehead atoms. The van der Waals surface area contributed by atoms with Gasteiger partial charge in [0.1, 0.15) is 17.6 Å². The number of hydrogen-bond donors (Lipinski definition) is 1. The summed E-state index contributed by atoms with van der Waals surface area (Å²) in [4.78, 5) is 4.61. The van der Waals surface area contributed by atoms with E-state index in [9.17, 15) is 0 Å². The first kappa shape index (κ1) is 16.9. The number of benzene rings is 2. The SMILES string of the molecule is COc1cc2ncc(-c3ccc(OC4CCNCC4)cc3)cc2cc1C. The third-order valence-electron chi connectivity index (χ3n) is 4.97. The molecule has 1 saturated heterocycles. The van der Waals surface area contributed by atoms with Crippen LogP contribution in [0.15, 0.2) is 48.7 Å². The summed E-state index contributed by atoms with van der Waals surface area (Å²) in [6.45, 7) is 4.13. The molecule has 1 aromatic heterocycles. The molecule has 1 aliphatic heterocycles. The predicted octanol–water partition coefficient (Wildman–Crippen LogP) is 4.35. The average molecular weight is 348 g/mol. The average Bonchev–Trinajstić information content (AvgIpc) is 2.68. The number of nitrogens with one attached hydrogen (secondary N) is 1.